The van der Waals surface area contributed by atoms with Gasteiger partial charge in [-0.15, -0.1) is 0 Å². The molecule has 1 rings (SSSR count). The lowest BCUT2D eigenvalue weighted by Crippen LogP contribution is -2.20. The van der Waals surface area contributed by atoms with Crippen LogP contribution in [-0.4, -0.2) is 11.3 Å². The third-order valence-electron chi connectivity index (χ3n) is 1.42. The largest absolute Gasteiger partial charge is 0.418 e. The van der Waals surface area contributed by atoms with Gasteiger partial charge in [0.1, 0.15) is 5.82 Å². The van der Waals surface area contributed by atoms with Crippen LogP contribution in [0.4, 0.5) is 17.6 Å². The Kier molecular flexibility index (Phi) is 2.56. The second-order valence-electron chi connectivity index (χ2n) is 2.41. The molecule has 0 saturated carbocycles. The van der Waals surface area contributed by atoms with Gasteiger partial charge in [0.25, 0.3) is 0 Å². The minimum absolute atomic E-state index is 0.524. The molecular weight excluding hydrogens is 188 g/mol. The van der Waals surface area contributed by atoms with Crippen molar-refractivity contribution in [2.75, 3.05) is 0 Å². The molecule has 0 heterocycles. The van der Waals surface area contributed by atoms with Crippen molar-refractivity contribution in [1.82, 2.24) is 0 Å². The summed E-state index contributed by atoms with van der Waals surface area (Å²) in [4.78, 5) is 0. The van der Waals surface area contributed by atoms with Gasteiger partial charge in [0, 0.05) is 6.07 Å². The maximum absolute atomic E-state index is 12.4. The van der Waals surface area contributed by atoms with Crippen molar-refractivity contribution in [3.63, 3.8) is 0 Å². The number of aliphatic hydroxyl groups excluding tert-OH is 1. The van der Waals surface area contributed by atoms with Crippen molar-refractivity contribution in [3.8, 4) is 0 Å². The molecule has 1 aromatic carbocycles. The van der Waals surface area contributed by atoms with Crippen molar-refractivity contribution in [2.24, 2.45) is 0 Å². The van der Waals surface area contributed by atoms with E-state index in [0.717, 1.165) is 12.1 Å². The third-order valence-corrected chi connectivity index (χ3v) is 1.42. The van der Waals surface area contributed by atoms with Gasteiger partial charge in [-0.2, -0.15) is 13.2 Å². The standard InChI is InChI=1S/C8H5F4O/c9-6-3-1-2-5(4-6)7(13)8(10,11)12/h1-2,4,7,13H/t7-/m0/s1. The van der Waals surface area contributed by atoms with Crippen LogP contribution in [0, 0.1) is 11.9 Å². The zero-order valence-electron chi connectivity index (χ0n) is 6.27. The summed E-state index contributed by atoms with van der Waals surface area (Å²) in [6.45, 7) is 0. The second-order valence-corrected chi connectivity index (χ2v) is 2.41. The van der Waals surface area contributed by atoms with E-state index >= 15 is 0 Å². The first-order valence-corrected chi connectivity index (χ1v) is 3.33. The molecule has 0 saturated heterocycles. The first-order valence-electron chi connectivity index (χ1n) is 3.33. The fraction of sp³-hybridized carbons (Fsp3) is 0.250. The van der Waals surface area contributed by atoms with Crippen molar-refractivity contribution >= 4 is 0 Å². The predicted octanol–water partition coefficient (Wildman–Crippen LogP) is 2.22. The van der Waals surface area contributed by atoms with E-state index in [2.05, 4.69) is 0 Å². The first kappa shape index (κ1) is 9.98. The Morgan fingerprint density at radius 1 is 1.38 bits per heavy atom. The molecule has 1 radical (unpaired) electrons. The Hall–Kier alpha value is -1.10. The van der Waals surface area contributed by atoms with Crippen LogP contribution in [-0.2, 0) is 0 Å². The van der Waals surface area contributed by atoms with Gasteiger partial charge in [0.05, 0.1) is 0 Å². The average molecular weight is 193 g/mol. The van der Waals surface area contributed by atoms with Gasteiger partial charge in [-0.25, -0.2) is 4.39 Å². The van der Waals surface area contributed by atoms with E-state index in [1.165, 1.54) is 0 Å². The minimum atomic E-state index is -4.77. The van der Waals surface area contributed by atoms with Gasteiger partial charge in [-0.3, -0.25) is 0 Å². The lowest BCUT2D eigenvalue weighted by Gasteiger charge is -2.14. The molecule has 0 spiro atoms. The van der Waals surface area contributed by atoms with Crippen LogP contribution in [0.1, 0.15) is 11.7 Å². The highest BCUT2D eigenvalue weighted by molar-refractivity contribution is 5.19. The smallest absolute Gasteiger partial charge is 0.379 e. The Morgan fingerprint density at radius 3 is 2.46 bits per heavy atom. The van der Waals surface area contributed by atoms with Crippen molar-refractivity contribution in [1.29, 1.82) is 0 Å². The van der Waals surface area contributed by atoms with Crippen LogP contribution in [0.15, 0.2) is 18.2 Å². The number of halogens is 4. The highest BCUT2D eigenvalue weighted by Gasteiger charge is 2.39. The molecule has 5 heteroatoms. The van der Waals surface area contributed by atoms with Gasteiger partial charge in [0.2, 0.25) is 0 Å². The molecule has 1 atom stereocenters. The molecule has 0 aromatic heterocycles. The highest BCUT2D eigenvalue weighted by Crippen LogP contribution is 2.32. The molecule has 1 N–H and O–H groups in total. The van der Waals surface area contributed by atoms with Gasteiger partial charge < -0.3 is 5.11 Å². The number of alkyl halides is 3. The summed E-state index contributed by atoms with van der Waals surface area (Å²) in [5.41, 5.74) is -0.524. The summed E-state index contributed by atoms with van der Waals surface area (Å²) < 4.78 is 48.0. The molecule has 1 aromatic rings. The lowest BCUT2D eigenvalue weighted by molar-refractivity contribution is -0.206. The molecule has 0 aliphatic heterocycles. The Morgan fingerprint density at radius 2 is 2.00 bits per heavy atom. The molecule has 0 fully saturated rings. The summed E-state index contributed by atoms with van der Waals surface area (Å²) in [6.07, 6.45) is -7.41. The van der Waals surface area contributed by atoms with E-state index in [1.807, 2.05) is 6.07 Å². The van der Waals surface area contributed by atoms with Crippen LogP contribution in [0.5, 0.6) is 0 Å². The van der Waals surface area contributed by atoms with E-state index in [0.29, 0.717) is 6.07 Å². The zero-order chi connectivity index (χ0) is 10.1. The molecule has 0 aliphatic rings. The van der Waals surface area contributed by atoms with Gasteiger partial charge in [0.15, 0.2) is 6.10 Å². The molecule has 0 amide bonds. The number of rotatable bonds is 1. The van der Waals surface area contributed by atoms with Crippen LogP contribution < -0.4 is 0 Å². The van der Waals surface area contributed by atoms with E-state index in [1.54, 1.807) is 0 Å². The topological polar surface area (TPSA) is 20.2 Å². The van der Waals surface area contributed by atoms with Crippen molar-refractivity contribution in [2.45, 2.75) is 12.3 Å². The lowest BCUT2D eigenvalue weighted by atomic mass is 10.1. The van der Waals surface area contributed by atoms with Crippen LogP contribution in [0.3, 0.4) is 0 Å². The number of aliphatic hydroxyl groups is 1. The summed E-state index contributed by atoms with van der Waals surface area (Å²) in [6, 6.07) is 4.57. The molecule has 0 unspecified atom stereocenters. The maximum atomic E-state index is 12.4. The fourth-order valence-corrected chi connectivity index (χ4v) is 0.813. The first-order chi connectivity index (χ1) is 5.91. The number of hydrogen-bond donors (Lipinski definition) is 1. The van der Waals surface area contributed by atoms with Crippen LogP contribution in [0.2, 0.25) is 0 Å². The third kappa shape index (κ3) is 2.42. The molecule has 13 heavy (non-hydrogen) atoms. The molecule has 0 aliphatic carbocycles. The molecular formula is C8H5F4O. The summed E-state index contributed by atoms with van der Waals surface area (Å²) in [5.74, 6) is -0.930. The SMILES string of the molecule is O[C@@H](c1cc[c]c(F)c1)C(F)(F)F. The van der Waals surface area contributed by atoms with E-state index in [9.17, 15) is 17.6 Å². The molecule has 71 valence electrons. The normalized spacial score (nSPS) is 14.2. The van der Waals surface area contributed by atoms with Gasteiger partial charge >= 0.3 is 6.18 Å². The Labute approximate surface area is 71.6 Å². The van der Waals surface area contributed by atoms with Crippen LogP contribution >= 0.6 is 0 Å². The van der Waals surface area contributed by atoms with Crippen molar-refractivity contribution in [3.05, 3.63) is 35.6 Å². The van der Waals surface area contributed by atoms with E-state index in [-0.39, 0.29) is 0 Å². The molecule has 1 nitrogen and oxygen atoms in total. The zero-order valence-corrected chi connectivity index (χ0v) is 6.27. The van der Waals surface area contributed by atoms with E-state index < -0.39 is 23.7 Å². The van der Waals surface area contributed by atoms with Crippen LogP contribution in [0.25, 0.3) is 0 Å². The number of hydrogen-bond acceptors (Lipinski definition) is 1. The summed E-state index contributed by atoms with van der Waals surface area (Å²) >= 11 is 0. The monoisotopic (exact) mass is 193 g/mol. The quantitative estimate of drug-likeness (QED) is 0.678. The van der Waals surface area contributed by atoms with Crippen molar-refractivity contribution < 1.29 is 22.7 Å². The van der Waals surface area contributed by atoms with Gasteiger partial charge in [-0.1, -0.05) is 12.1 Å². The summed E-state index contributed by atoms with van der Waals surface area (Å²) in [5, 5.41) is 8.68. The minimum Gasteiger partial charge on any atom is -0.379 e. The number of benzene rings is 1. The predicted molar refractivity (Wildman–Crippen MR) is 36.3 cm³/mol. The fourth-order valence-electron chi connectivity index (χ4n) is 0.813. The highest BCUT2D eigenvalue weighted by atomic mass is 19.4. The Bertz CT molecular complexity index is 294. The average Bonchev–Trinajstić information content (AvgIpc) is 2.01. The molecule has 0 bridgehead atoms. The maximum Gasteiger partial charge on any atom is 0.418 e. The second kappa shape index (κ2) is 3.33. The Balaban J connectivity index is 2.96. The van der Waals surface area contributed by atoms with E-state index in [4.69, 9.17) is 5.11 Å². The van der Waals surface area contributed by atoms with Gasteiger partial charge in [-0.05, 0) is 11.6 Å². The summed E-state index contributed by atoms with van der Waals surface area (Å²) in [7, 11) is 0.